The van der Waals surface area contributed by atoms with Gasteiger partial charge in [-0.05, 0) is 6.42 Å². The summed E-state index contributed by atoms with van der Waals surface area (Å²) in [6.45, 7) is 8.14. The smallest absolute Gasteiger partial charge is 0.123 e. The number of nitrogens with one attached hydrogen (secondary N) is 2. The first-order valence-corrected chi connectivity index (χ1v) is 4.33. The summed E-state index contributed by atoms with van der Waals surface area (Å²) in [6, 6.07) is 0.213. The molecule has 1 aromatic rings. The van der Waals surface area contributed by atoms with Crippen molar-refractivity contribution in [2.45, 2.75) is 12.5 Å². The van der Waals surface area contributed by atoms with Gasteiger partial charge < -0.3 is 10.3 Å². The molecule has 70 valence electrons. The molecule has 0 saturated heterocycles. The predicted octanol–water partition coefficient (Wildman–Crippen LogP) is 1.80. The molecule has 0 radical (unpaired) electrons. The van der Waals surface area contributed by atoms with Gasteiger partial charge in [0.05, 0.1) is 6.04 Å². The van der Waals surface area contributed by atoms with Gasteiger partial charge in [0.25, 0.3) is 0 Å². The number of nitrogens with zero attached hydrogens (tertiary/aromatic N) is 1. The second kappa shape index (κ2) is 5.32. The fraction of sp³-hybridized carbons (Fsp3) is 0.300. The number of hydrogen-bond acceptors (Lipinski definition) is 2. The van der Waals surface area contributed by atoms with E-state index < -0.39 is 0 Å². The predicted molar refractivity (Wildman–Crippen MR) is 54.3 cm³/mol. The van der Waals surface area contributed by atoms with Crippen LogP contribution in [-0.4, -0.2) is 16.5 Å². The molecule has 1 aromatic heterocycles. The molecule has 0 bridgehead atoms. The number of aromatic nitrogens is 2. The summed E-state index contributed by atoms with van der Waals surface area (Å²) in [6.07, 6.45) is 8.14. The second-order valence-electron chi connectivity index (χ2n) is 2.75. The molecule has 0 aliphatic rings. The van der Waals surface area contributed by atoms with Crippen LogP contribution >= 0.6 is 0 Å². The van der Waals surface area contributed by atoms with Crippen molar-refractivity contribution in [3.8, 4) is 0 Å². The van der Waals surface area contributed by atoms with Gasteiger partial charge in [0.15, 0.2) is 0 Å². The molecule has 0 unspecified atom stereocenters. The zero-order chi connectivity index (χ0) is 9.52. The van der Waals surface area contributed by atoms with E-state index in [2.05, 4.69) is 28.4 Å². The molecule has 0 amide bonds. The van der Waals surface area contributed by atoms with E-state index in [1.165, 1.54) is 0 Å². The minimum Gasteiger partial charge on any atom is -0.347 e. The zero-order valence-electron chi connectivity index (χ0n) is 7.66. The normalized spacial score (nSPS) is 12.3. The van der Waals surface area contributed by atoms with Gasteiger partial charge in [-0.25, -0.2) is 4.98 Å². The molecule has 1 rings (SSSR count). The van der Waals surface area contributed by atoms with Crippen molar-refractivity contribution in [1.29, 1.82) is 0 Å². The molecular weight excluding hydrogens is 162 g/mol. The van der Waals surface area contributed by atoms with E-state index in [1.54, 1.807) is 6.20 Å². The summed E-state index contributed by atoms with van der Waals surface area (Å²) < 4.78 is 0. The Morgan fingerprint density at radius 2 is 2.38 bits per heavy atom. The van der Waals surface area contributed by atoms with E-state index in [1.807, 2.05) is 18.3 Å². The molecule has 0 aliphatic carbocycles. The largest absolute Gasteiger partial charge is 0.347 e. The second-order valence-corrected chi connectivity index (χ2v) is 2.75. The van der Waals surface area contributed by atoms with Crippen molar-refractivity contribution in [3.63, 3.8) is 0 Å². The summed E-state index contributed by atoms with van der Waals surface area (Å²) in [5, 5.41) is 3.29. The van der Waals surface area contributed by atoms with Gasteiger partial charge in [-0.15, -0.1) is 13.2 Å². The van der Waals surface area contributed by atoms with Crippen LogP contribution < -0.4 is 5.32 Å². The topological polar surface area (TPSA) is 40.7 Å². The van der Waals surface area contributed by atoms with Gasteiger partial charge in [0, 0.05) is 18.9 Å². The highest BCUT2D eigenvalue weighted by Crippen LogP contribution is 2.11. The molecule has 0 saturated carbocycles. The van der Waals surface area contributed by atoms with Gasteiger partial charge >= 0.3 is 0 Å². The van der Waals surface area contributed by atoms with Crippen LogP contribution in [0.2, 0.25) is 0 Å². The standard InChI is InChI=1S/C10H15N3/c1-3-5-9(11-6-4-2)10-12-7-8-13-10/h3-4,7-9,11H,1-2,5-6H2,(H,12,13)/t9-/m1/s1. The third-order valence-corrected chi connectivity index (χ3v) is 1.76. The van der Waals surface area contributed by atoms with Crippen molar-refractivity contribution >= 4 is 0 Å². The maximum Gasteiger partial charge on any atom is 0.123 e. The Hall–Kier alpha value is -1.35. The molecule has 0 aromatic carbocycles. The summed E-state index contributed by atoms with van der Waals surface area (Å²) >= 11 is 0. The summed E-state index contributed by atoms with van der Waals surface area (Å²) in [5.41, 5.74) is 0. The third kappa shape index (κ3) is 2.87. The van der Waals surface area contributed by atoms with E-state index in [9.17, 15) is 0 Å². The van der Waals surface area contributed by atoms with Crippen LogP contribution in [0.4, 0.5) is 0 Å². The molecule has 0 spiro atoms. The Kier molecular flexibility index (Phi) is 3.99. The molecule has 0 fully saturated rings. The Bertz CT molecular complexity index is 251. The highest BCUT2D eigenvalue weighted by molar-refractivity contribution is 4.98. The maximum absolute atomic E-state index is 4.19. The lowest BCUT2D eigenvalue weighted by Crippen LogP contribution is -2.21. The number of rotatable bonds is 6. The van der Waals surface area contributed by atoms with Crippen LogP contribution in [0.25, 0.3) is 0 Å². The molecule has 1 atom stereocenters. The first-order valence-electron chi connectivity index (χ1n) is 4.33. The third-order valence-electron chi connectivity index (χ3n) is 1.76. The van der Waals surface area contributed by atoms with Crippen LogP contribution in [0.5, 0.6) is 0 Å². The van der Waals surface area contributed by atoms with Crippen molar-refractivity contribution < 1.29 is 0 Å². The Morgan fingerprint density at radius 3 is 2.92 bits per heavy atom. The average Bonchev–Trinajstić information content (AvgIpc) is 2.65. The molecule has 0 aliphatic heterocycles. The monoisotopic (exact) mass is 177 g/mol. The van der Waals surface area contributed by atoms with Crippen LogP contribution in [0.3, 0.4) is 0 Å². The van der Waals surface area contributed by atoms with Crippen LogP contribution in [0, 0.1) is 0 Å². The lowest BCUT2D eigenvalue weighted by Gasteiger charge is -2.12. The lowest BCUT2D eigenvalue weighted by molar-refractivity contribution is 0.548. The molecule has 3 nitrogen and oxygen atoms in total. The van der Waals surface area contributed by atoms with Crippen molar-refractivity contribution in [1.82, 2.24) is 15.3 Å². The van der Waals surface area contributed by atoms with E-state index in [4.69, 9.17) is 0 Å². The Morgan fingerprint density at radius 1 is 1.54 bits per heavy atom. The van der Waals surface area contributed by atoms with Crippen molar-refractivity contribution in [3.05, 3.63) is 43.5 Å². The Labute approximate surface area is 78.6 Å². The van der Waals surface area contributed by atoms with Crippen molar-refractivity contribution in [2.75, 3.05) is 6.54 Å². The highest BCUT2D eigenvalue weighted by atomic mass is 15.0. The quantitative estimate of drug-likeness (QED) is 0.650. The fourth-order valence-corrected chi connectivity index (χ4v) is 1.15. The zero-order valence-corrected chi connectivity index (χ0v) is 7.66. The molecular formula is C10H15N3. The molecule has 3 heteroatoms. The van der Waals surface area contributed by atoms with E-state index in [-0.39, 0.29) is 6.04 Å². The minimum absolute atomic E-state index is 0.213. The number of imidazole rings is 1. The molecule has 13 heavy (non-hydrogen) atoms. The SMILES string of the molecule is C=CCN[C@H](CC=C)c1ncc[nH]1. The first kappa shape index (κ1) is 9.74. The molecule has 1 heterocycles. The number of aromatic amines is 1. The van der Waals surface area contributed by atoms with Crippen molar-refractivity contribution in [2.24, 2.45) is 0 Å². The summed E-state index contributed by atoms with van der Waals surface area (Å²) in [5.74, 6) is 0.946. The average molecular weight is 177 g/mol. The number of hydrogen-bond donors (Lipinski definition) is 2. The van der Waals surface area contributed by atoms with Crippen LogP contribution in [0.1, 0.15) is 18.3 Å². The Balaban J connectivity index is 2.56. The van der Waals surface area contributed by atoms with Gasteiger partial charge in [-0.3, -0.25) is 0 Å². The fourth-order valence-electron chi connectivity index (χ4n) is 1.15. The molecule has 2 N–H and O–H groups in total. The van der Waals surface area contributed by atoms with E-state index in [0.29, 0.717) is 0 Å². The van der Waals surface area contributed by atoms with E-state index in [0.717, 1.165) is 18.8 Å². The minimum atomic E-state index is 0.213. The summed E-state index contributed by atoms with van der Waals surface area (Å²) in [7, 11) is 0. The maximum atomic E-state index is 4.19. The van der Waals surface area contributed by atoms with Crippen LogP contribution in [-0.2, 0) is 0 Å². The highest BCUT2D eigenvalue weighted by Gasteiger charge is 2.09. The van der Waals surface area contributed by atoms with E-state index >= 15 is 0 Å². The van der Waals surface area contributed by atoms with Gasteiger partial charge in [0.1, 0.15) is 5.82 Å². The van der Waals surface area contributed by atoms with Crippen LogP contribution in [0.15, 0.2) is 37.7 Å². The van der Waals surface area contributed by atoms with Gasteiger partial charge in [0.2, 0.25) is 0 Å². The summed E-state index contributed by atoms with van der Waals surface area (Å²) in [4.78, 5) is 7.26. The first-order chi connectivity index (χ1) is 6.38. The van der Waals surface area contributed by atoms with Gasteiger partial charge in [-0.2, -0.15) is 0 Å². The van der Waals surface area contributed by atoms with Gasteiger partial charge in [-0.1, -0.05) is 12.2 Å². The lowest BCUT2D eigenvalue weighted by atomic mass is 10.2. The number of H-pyrrole nitrogens is 1.